The van der Waals surface area contributed by atoms with Crippen molar-refractivity contribution in [2.45, 2.75) is 70.4 Å². The number of hydrogen-bond donors (Lipinski definition) is 1. The van der Waals surface area contributed by atoms with Crippen molar-refractivity contribution < 1.29 is 0 Å². The first-order valence-electron chi connectivity index (χ1n) is 13.8. The van der Waals surface area contributed by atoms with Gasteiger partial charge in [0.1, 0.15) is 6.04 Å². The van der Waals surface area contributed by atoms with Crippen LogP contribution in [0.4, 0.5) is 0 Å². The first kappa shape index (κ1) is 24.0. The van der Waals surface area contributed by atoms with Crippen LogP contribution in [-0.2, 0) is 6.42 Å². The fraction of sp³-hybridized carbons (Fsp3) is 0.467. The van der Waals surface area contributed by atoms with Crippen molar-refractivity contribution in [1.82, 2.24) is 30.1 Å². The molecule has 0 radical (unpaired) electrons. The molecule has 192 valence electrons. The normalized spacial score (nSPS) is 18.8. The molecule has 1 saturated heterocycles. The fourth-order valence-electron chi connectivity index (χ4n) is 6.36. The lowest BCUT2D eigenvalue weighted by Gasteiger charge is -2.37. The number of aryl methyl sites for hydroxylation is 1. The van der Waals surface area contributed by atoms with E-state index in [-0.39, 0.29) is 11.6 Å². The summed E-state index contributed by atoms with van der Waals surface area (Å²) in [6, 6.07) is 19.1. The third-order valence-electron chi connectivity index (χ3n) is 8.39. The van der Waals surface area contributed by atoms with Gasteiger partial charge in [-0.05, 0) is 97.1 Å². The lowest BCUT2D eigenvalue weighted by atomic mass is 9.88. The smallest absolute Gasteiger partial charge is 0.253 e. The molecular weight excluding hydrogens is 460 g/mol. The summed E-state index contributed by atoms with van der Waals surface area (Å²) in [5.74, 6) is 1.46. The average molecular weight is 497 g/mol. The Kier molecular flexibility index (Phi) is 6.87. The predicted octanol–water partition coefficient (Wildman–Crippen LogP) is 5.37. The minimum absolute atomic E-state index is 0.0484. The zero-order chi connectivity index (χ0) is 25.2. The molecule has 1 atom stereocenters. The summed E-state index contributed by atoms with van der Waals surface area (Å²) in [6.07, 6.45) is 9.17. The van der Waals surface area contributed by atoms with Gasteiger partial charge in [-0.3, -0.25) is 9.69 Å². The highest BCUT2D eigenvalue weighted by molar-refractivity contribution is 5.79. The zero-order valence-corrected chi connectivity index (χ0v) is 21.6. The fourth-order valence-corrected chi connectivity index (χ4v) is 6.36. The Bertz CT molecular complexity index is 1400. The molecule has 1 saturated carbocycles. The van der Waals surface area contributed by atoms with E-state index < -0.39 is 0 Å². The van der Waals surface area contributed by atoms with Crippen molar-refractivity contribution in [3.05, 3.63) is 87.5 Å². The van der Waals surface area contributed by atoms with Crippen LogP contribution >= 0.6 is 0 Å². The van der Waals surface area contributed by atoms with E-state index in [1.54, 1.807) is 0 Å². The number of fused-ring (bicyclic) bond motifs is 1. The lowest BCUT2D eigenvalue weighted by molar-refractivity contribution is 0.140. The molecule has 0 unspecified atom stereocenters. The number of benzene rings is 2. The first-order chi connectivity index (χ1) is 18.2. The van der Waals surface area contributed by atoms with Crippen LogP contribution in [0.1, 0.15) is 79.5 Å². The number of H-pyrrole nitrogens is 1. The summed E-state index contributed by atoms with van der Waals surface area (Å²) in [4.78, 5) is 19.2. The second-order valence-electron chi connectivity index (χ2n) is 11.0. The molecule has 2 aromatic carbocycles. The van der Waals surface area contributed by atoms with Gasteiger partial charge in [-0.15, -0.1) is 5.10 Å². The van der Waals surface area contributed by atoms with Gasteiger partial charge >= 0.3 is 0 Å². The summed E-state index contributed by atoms with van der Waals surface area (Å²) in [5.41, 5.74) is 4.10. The van der Waals surface area contributed by atoms with E-state index in [2.05, 4.69) is 73.9 Å². The molecule has 0 spiro atoms. The number of pyridine rings is 1. The molecule has 1 aliphatic heterocycles. The number of aromatic nitrogens is 5. The molecule has 2 aromatic heterocycles. The van der Waals surface area contributed by atoms with Crippen molar-refractivity contribution >= 4 is 10.9 Å². The molecule has 2 aliphatic rings. The van der Waals surface area contributed by atoms with Gasteiger partial charge in [0.05, 0.1) is 6.04 Å². The molecule has 1 aliphatic carbocycles. The van der Waals surface area contributed by atoms with E-state index in [4.69, 9.17) is 0 Å². The Labute approximate surface area is 217 Å². The largest absolute Gasteiger partial charge is 0.322 e. The number of nitrogens with zero attached hydrogens (tertiary/aromatic N) is 5. The number of likely N-dealkylation sites (tertiary alicyclic amines) is 1. The maximum absolute atomic E-state index is 13.6. The van der Waals surface area contributed by atoms with Crippen LogP contribution in [0, 0.1) is 12.8 Å². The second-order valence-corrected chi connectivity index (χ2v) is 11.0. The van der Waals surface area contributed by atoms with Gasteiger partial charge in [0.25, 0.3) is 5.56 Å². The standard InChI is InChI=1S/C30H36N6O/c1-21-12-13-24-20-26(30(37)31-27(24)18-21)28(29-32-33-34-36(29)25-10-6-3-7-11-25)35-16-14-23(15-17-35)19-22-8-4-2-5-9-22/h2,4-5,8-9,12-13,18,20,23,25,28H,3,6-7,10-11,14-17,19H2,1H3,(H,31,37)/t28-/m0/s1. The summed E-state index contributed by atoms with van der Waals surface area (Å²) >= 11 is 0. The van der Waals surface area contributed by atoms with Gasteiger partial charge in [0.2, 0.25) is 0 Å². The van der Waals surface area contributed by atoms with E-state index in [9.17, 15) is 4.79 Å². The molecule has 1 N–H and O–H groups in total. The molecule has 0 bridgehead atoms. The van der Waals surface area contributed by atoms with Crippen LogP contribution in [0.2, 0.25) is 0 Å². The van der Waals surface area contributed by atoms with Crippen molar-refractivity contribution in [1.29, 1.82) is 0 Å². The Morgan fingerprint density at radius 3 is 2.54 bits per heavy atom. The second kappa shape index (κ2) is 10.6. The van der Waals surface area contributed by atoms with Crippen molar-refractivity contribution in [3.8, 4) is 0 Å². The summed E-state index contributed by atoms with van der Waals surface area (Å²) in [6.45, 7) is 3.89. The Balaban J connectivity index is 1.34. The maximum Gasteiger partial charge on any atom is 0.253 e. The quantitative estimate of drug-likeness (QED) is 0.388. The molecule has 0 amide bonds. The van der Waals surface area contributed by atoms with Gasteiger partial charge in [-0.2, -0.15) is 0 Å². The van der Waals surface area contributed by atoms with Crippen molar-refractivity contribution in [2.75, 3.05) is 13.1 Å². The van der Waals surface area contributed by atoms with E-state index in [0.29, 0.717) is 12.0 Å². The van der Waals surface area contributed by atoms with E-state index in [0.717, 1.165) is 73.0 Å². The minimum Gasteiger partial charge on any atom is -0.322 e. The molecule has 6 rings (SSSR count). The van der Waals surface area contributed by atoms with E-state index in [1.165, 1.54) is 24.8 Å². The highest BCUT2D eigenvalue weighted by atomic mass is 16.1. The number of aromatic amines is 1. The van der Waals surface area contributed by atoms with Gasteiger partial charge in [0.15, 0.2) is 5.82 Å². The van der Waals surface area contributed by atoms with Crippen molar-refractivity contribution in [3.63, 3.8) is 0 Å². The highest BCUT2D eigenvalue weighted by Crippen LogP contribution is 2.35. The van der Waals surface area contributed by atoms with E-state index >= 15 is 0 Å². The summed E-state index contributed by atoms with van der Waals surface area (Å²) in [5, 5.41) is 14.2. The van der Waals surface area contributed by atoms with Crippen LogP contribution in [0.5, 0.6) is 0 Å². The van der Waals surface area contributed by atoms with Crippen LogP contribution < -0.4 is 5.56 Å². The number of rotatable bonds is 6. The molecule has 3 heterocycles. The molecule has 7 nitrogen and oxygen atoms in total. The maximum atomic E-state index is 13.6. The van der Waals surface area contributed by atoms with Gasteiger partial charge < -0.3 is 4.98 Å². The first-order valence-corrected chi connectivity index (χ1v) is 13.8. The van der Waals surface area contributed by atoms with Crippen molar-refractivity contribution in [2.24, 2.45) is 5.92 Å². The Hall–Kier alpha value is -3.32. The highest BCUT2D eigenvalue weighted by Gasteiger charge is 2.34. The predicted molar refractivity (Wildman–Crippen MR) is 146 cm³/mol. The third kappa shape index (κ3) is 5.10. The number of tetrazole rings is 1. The summed E-state index contributed by atoms with van der Waals surface area (Å²) in [7, 11) is 0. The van der Waals surface area contributed by atoms with Crippen LogP contribution in [0.25, 0.3) is 10.9 Å². The number of piperidine rings is 1. The van der Waals surface area contributed by atoms with Crippen LogP contribution in [-0.4, -0.2) is 43.2 Å². The third-order valence-corrected chi connectivity index (χ3v) is 8.39. The Morgan fingerprint density at radius 1 is 0.973 bits per heavy atom. The number of hydrogen-bond acceptors (Lipinski definition) is 5. The zero-order valence-electron chi connectivity index (χ0n) is 21.6. The Morgan fingerprint density at radius 2 is 1.76 bits per heavy atom. The van der Waals surface area contributed by atoms with Crippen LogP contribution in [0.3, 0.4) is 0 Å². The monoisotopic (exact) mass is 496 g/mol. The minimum atomic E-state index is -0.260. The SMILES string of the molecule is Cc1ccc2cc([C@@H](c3nnnn3C3CCCCC3)N3CCC(Cc4ccccc4)CC3)c(=O)[nH]c2c1. The van der Waals surface area contributed by atoms with Gasteiger partial charge in [-0.25, -0.2) is 4.68 Å². The molecule has 2 fully saturated rings. The summed E-state index contributed by atoms with van der Waals surface area (Å²) < 4.78 is 2.04. The molecular formula is C30H36N6O. The molecule has 7 heteroatoms. The van der Waals surface area contributed by atoms with Crippen LogP contribution in [0.15, 0.2) is 59.4 Å². The van der Waals surface area contributed by atoms with Gasteiger partial charge in [0, 0.05) is 11.1 Å². The van der Waals surface area contributed by atoms with Gasteiger partial charge in [-0.1, -0.05) is 61.7 Å². The topological polar surface area (TPSA) is 79.7 Å². The molecule has 37 heavy (non-hydrogen) atoms. The molecule has 4 aromatic rings. The average Bonchev–Trinajstić information content (AvgIpc) is 3.41. The van der Waals surface area contributed by atoms with E-state index in [1.807, 2.05) is 17.7 Å². The number of nitrogens with one attached hydrogen (secondary N) is 1. The lowest BCUT2D eigenvalue weighted by Crippen LogP contribution is -2.41.